The summed E-state index contributed by atoms with van der Waals surface area (Å²) in [5.74, 6) is 0.986. The van der Waals surface area contributed by atoms with Crippen LogP contribution in [0.5, 0.6) is 11.5 Å². The van der Waals surface area contributed by atoms with Gasteiger partial charge in [-0.2, -0.15) is 5.10 Å². The van der Waals surface area contributed by atoms with Crippen LogP contribution in [0.4, 0.5) is 5.69 Å². The lowest BCUT2D eigenvalue weighted by Gasteiger charge is -2.28. The Morgan fingerprint density at radius 3 is 2.42 bits per heavy atom. The highest BCUT2D eigenvalue weighted by Crippen LogP contribution is 2.34. The number of nitrogens with zero attached hydrogens (tertiary/aromatic N) is 3. The minimum Gasteiger partial charge on any atom is -0.497 e. The van der Waals surface area contributed by atoms with Crippen molar-refractivity contribution in [3.8, 4) is 22.8 Å². The number of nitrogens with one attached hydrogen (secondary N) is 1. The van der Waals surface area contributed by atoms with Crippen LogP contribution in [0, 0.1) is 0 Å². The summed E-state index contributed by atoms with van der Waals surface area (Å²) in [5, 5.41) is 5.17. The fourth-order valence-electron chi connectivity index (χ4n) is 4.84. The Labute approximate surface area is 223 Å². The largest absolute Gasteiger partial charge is 0.497 e. The van der Waals surface area contributed by atoms with E-state index in [1.54, 1.807) is 26.4 Å². The molecular weight excluding hydrogens is 476 g/mol. The van der Waals surface area contributed by atoms with E-state index in [-0.39, 0.29) is 5.91 Å². The van der Waals surface area contributed by atoms with E-state index < -0.39 is 0 Å². The van der Waals surface area contributed by atoms with E-state index in [2.05, 4.69) is 39.7 Å². The molecule has 1 fully saturated rings. The fourth-order valence-corrected chi connectivity index (χ4v) is 4.84. The summed E-state index contributed by atoms with van der Waals surface area (Å²) < 4.78 is 10.9. The first-order chi connectivity index (χ1) is 18.6. The third-order valence-corrected chi connectivity index (χ3v) is 6.98. The van der Waals surface area contributed by atoms with Crippen molar-refractivity contribution in [3.05, 3.63) is 83.9 Å². The molecule has 2 heterocycles. The summed E-state index contributed by atoms with van der Waals surface area (Å²) in [5.41, 5.74) is 8.28. The first-order valence-electron chi connectivity index (χ1n) is 12.9. The molecule has 0 atom stereocenters. The number of carbonyl (C=O) groups excluding carboxylic acids is 1. The van der Waals surface area contributed by atoms with Crippen LogP contribution in [0.1, 0.15) is 42.1 Å². The second kappa shape index (κ2) is 11.3. The minimum absolute atomic E-state index is 0.304. The molecule has 1 aliphatic rings. The van der Waals surface area contributed by atoms with Crippen molar-refractivity contribution in [2.45, 2.75) is 26.2 Å². The third kappa shape index (κ3) is 5.32. The van der Waals surface area contributed by atoms with E-state index in [4.69, 9.17) is 14.5 Å². The summed E-state index contributed by atoms with van der Waals surface area (Å²) in [7, 11) is 3.21. The number of hydrogen-bond donors (Lipinski definition) is 1. The van der Waals surface area contributed by atoms with Crippen molar-refractivity contribution in [3.63, 3.8) is 0 Å². The average Bonchev–Trinajstić information content (AvgIpc) is 2.99. The second-order valence-electron chi connectivity index (χ2n) is 9.37. The molecule has 5 rings (SSSR count). The smallest absolute Gasteiger partial charge is 0.272 e. The Morgan fingerprint density at radius 1 is 0.921 bits per heavy atom. The Balaban J connectivity index is 1.41. The van der Waals surface area contributed by atoms with Crippen molar-refractivity contribution >= 4 is 28.2 Å². The van der Waals surface area contributed by atoms with Gasteiger partial charge in [-0.05, 0) is 68.1 Å². The number of hydrazone groups is 1. The van der Waals surface area contributed by atoms with Gasteiger partial charge in [-0.15, -0.1) is 0 Å². The van der Waals surface area contributed by atoms with Crippen LogP contribution in [-0.2, 0) is 0 Å². The topological polar surface area (TPSA) is 76.0 Å². The molecule has 38 heavy (non-hydrogen) atoms. The number of ether oxygens (including phenoxy) is 2. The number of benzene rings is 3. The van der Waals surface area contributed by atoms with Crippen LogP contribution in [-0.4, -0.2) is 43.9 Å². The van der Waals surface area contributed by atoms with E-state index in [9.17, 15) is 4.79 Å². The zero-order chi connectivity index (χ0) is 26.5. The first kappa shape index (κ1) is 25.3. The summed E-state index contributed by atoms with van der Waals surface area (Å²) in [6.45, 7) is 4.11. The Kier molecular flexibility index (Phi) is 7.54. The van der Waals surface area contributed by atoms with E-state index in [0.29, 0.717) is 28.3 Å². The van der Waals surface area contributed by atoms with Gasteiger partial charge in [0.1, 0.15) is 11.5 Å². The molecular formula is C31H32N4O3. The van der Waals surface area contributed by atoms with Crippen molar-refractivity contribution in [1.82, 2.24) is 10.4 Å². The molecule has 4 aromatic rings. The quantitative estimate of drug-likeness (QED) is 0.242. The molecule has 1 N–H and O–H groups in total. The number of hydrogen-bond acceptors (Lipinski definition) is 6. The van der Waals surface area contributed by atoms with Crippen LogP contribution < -0.4 is 19.8 Å². The van der Waals surface area contributed by atoms with Crippen LogP contribution in [0.25, 0.3) is 22.2 Å². The predicted octanol–water partition coefficient (Wildman–Crippen LogP) is 6.06. The number of aromatic nitrogens is 1. The van der Waals surface area contributed by atoms with Gasteiger partial charge in [-0.25, -0.2) is 10.4 Å². The van der Waals surface area contributed by atoms with Crippen LogP contribution in [0.15, 0.2) is 77.9 Å². The van der Waals surface area contributed by atoms with Gasteiger partial charge < -0.3 is 14.4 Å². The monoisotopic (exact) mass is 508 g/mol. The molecule has 0 radical (unpaired) electrons. The number of piperidine rings is 1. The fraction of sp³-hybridized carbons (Fsp3) is 0.258. The van der Waals surface area contributed by atoms with E-state index >= 15 is 0 Å². The maximum absolute atomic E-state index is 13.4. The van der Waals surface area contributed by atoms with E-state index in [1.165, 1.54) is 24.9 Å². The second-order valence-corrected chi connectivity index (χ2v) is 9.37. The lowest BCUT2D eigenvalue weighted by Crippen LogP contribution is -2.29. The maximum Gasteiger partial charge on any atom is 0.272 e. The Morgan fingerprint density at radius 2 is 1.68 bits per heavy atom. The molecule has 0 bridgehead atoms. The number of rotatable bonds is 7. The van der Waals surface area contributed by atoms with Gasteiger partial charge >= 0.3 is 0 Å². The van der Waals surface area contributed by atoms with Crippen molar-refractivity contribution in [1.29, 1.82) is 0 Å². The lowest BCUT2D eigenvalue weighted by molar-refractivity contribution is 0.0956. The van der Waals surface area contributed by atoms with Crippen molar-refractivity contribution in [2.75, 3.05) is 32.2 Å². The third-order valence-electron chi connectivity index (χ3n) is 6.98. The molecule has 7 nitrogen and oxygen atoms in total. The average molecular weight is 509 g/mol. The summed E-state index contributed by atoms with van der Waals surface area (Å²) in [4.78, 5) is 20.6. The molecule has 7 heteroatoms. The number of carbonyl (C=O) groups is 1. The SMILES string of the molecule is COc1ccc(-c2cc(C(=O)N/N=C(\C)c3ccc(N4CCCCC4)cc3)c3ccccc3n2)c(OC)c1. The van der Waals surface area contributed by atoms with Gasteiger partial charge in [-0.1, -0.05) is 30.3 Å². The number of fused-ring (bicyclic) bond motifs is 1. The molecule has 0 saturated carbocycles. The van der Waals surface area contributed by atoms with Crippen molar-refractivity contribution < 1.29 is 14.3 Å². The highest BCUT2D eigenvalue weighted by atomic mass is 16.5. The van der Waals surface area contributed by atoms with Crippen LogP contribution in [0.3, 0.4) is 0 Å². The number of anilines is 1. The molecule has 3 aromatic carbocycles. The molecule has 194 valence electrons. The summed E-state index contributed by atoms with van der Waals surface area (Å²) >= 11 is 0. The maximum atomic E-state index is 13.4. The zero-order valence-corrected chi connectivity index (χ0v) is 22.0. The minimum atomic E-state index is -0.304. The molecule has 1 saturated heterocycles. The molecule has 0 aliphatic carbocycles. The molecule has 1 aliphatic heterocycles. The van der Waals surface area contributed by atoms with E-state index in [1.807, 2.05) is 43.3 Å². The van der Waals surface area contributed by atoms with Gasteiger partial charge in [0.15, 0.2) is 0 Å². The number of methoxy groups -OCH3 is 2. The van der Waals surface area contributed by atoms with Gasteiger partial charge in [0.05, 0.1) is 36.7 Å². The number of pyridine rings is 1. The van der Waals surface area contributed by atoms with Crippen LogP contribution in [0.2, 0.25) is 0 Å². The Hall–Kier alpha value is -4.39. The summed E-state index contributed by atoms with van der Waals surface area (Å²) in [6.07, 6.45) is 3.79. The standard InChI is InChI=1S/C31H32N4O3/c1-21(22-11-13-23(14-12-22)35-17-7-4-8-18-35)33-34-31(36)27-20-29(32-28-10-6-5-9-25(27)28)26-16-15-24(37-2)19-30(26)38-3/h5-6,9-16,19-20H,4,7-8,17-18H2,1-3H3,(H,34,36)/b33-21+. The highest BCUT2D eigenvalue weighted by molar-refractivity contribution is 6.08. The van der Waals surface area contributed by atoms with Gasteiger partial charge in [-0.3, -0.25) is 4.79 Å². The molecule has 0 unspecified atom stereocenters. The zero-order valence-electron chi connectivity index (χ0n) is 22.0. The normalized spacial score (nSPS) is 13.9. The number of amides is 1. The van der Waals surface area contributed by atoms with Gasteiger partial charge in [0.25, 0.3) is 5.91 Å². The van der Waals surface area contributed by atoms with Gasteiger partial charge in [0.2, 0.25) is 0 Å². The van der Waals surface area contributed by atoms with Crippen LogP contribution >= 0.6 is 0 Å². The first-order valence-corrected chi connectivity index (χ1v) is 12.9. The van der Waals surface area contributed by atoms with Gasteiger partial charge in [0, 0.05) is 35.8 Å². The predicted molar refractivity (Wildman–Crippen MR) is 152 cm³/mol. The Bertz CT molecular complexity index is 1470. The number of para-hydroxylation sites is 1. The molecule has 1 aromatic heterocycles. The van der Waals surface area contributed by atoms with Crippen molar-refractivity contribution in [2.24, 2.45) is 5.10 Å². The lowest BCUT2D eigenvalue weighted by atomic mass is 10.0. The van der Waals surface area contributed by atoms with E-state index in [0.717, 1.165) is 35.3 Å². The molecule has 0 spiro atoms. The summed E-state index contributed by atoms with van der Waals surface area (Å²) in [6, 6.07) is 23.3. The molecule has 1 amide bonds. The highest BCUT2D eigenvalue weighted by Gasteiger charge is 2.17.